The van der Waals surface area contributed by atoms with Gasteiger partial charge in [-0.2, -0.15) is 5.10 Å². The maximum Gasteiger partial charge on any atom is 0.234 e. The van der Waals surface area contributed by atoms with E-state index in [-0.39, 0.29) is 6.54 Å². The van der Waals surface area contributed by atoms with Gasteiger partial charge in [0.05, 0.1) is 12.2 Å². The maximum absolute atomic E-state index is 12.3. The number of hydrogen-bond donors (Lipinski definition) is 1. The van der Waals surface area contributed by atoms with Crippen LogP contribution in [0.2, 0.25) is 0 Å². The van der Waals surface area contributed by atoms with Gasteiger partial charge in [-0.1, -0.05) is 60.7 Å². The predicted molar refractivity (Wildman–Crippen MR) is 108 cm³/mol. The van der Waals surface area contributed by atoms with Crippen molar-refractivity contribution in [3.8, 4) is 0 Å². The van der Waals surface area contributed by atoms with Gasteiger partial charge < -0.3 is 0 Å². The van der Waals surface area contributed by atoms with Crippen molar-refractivity contribution in [1.29, 1.82) is 0 Å². The molecule has 0 spiro atoms. The van der Waals surface area contributed by atoms with Crippen LogP contribution in [0.3, 0.4) is 0 Å². The van der Waals surface area contributed by atoms with E-state index in [1.807, 2.05) is 79.2 Å². The fourth-order valence-corrected chi connectivity index (χ4v) is 3.63. The van der Waals surface area contributed by atoms with Crippen molar-refractivity contribution in [3.05, 3.63) is 94.1 Å². The third-order valence-electron chi connectivity index (χ3n) is 4.40. The first-order chi connectivity index (χ1) is 12.9. The highest BCUT2D eigenvalue weighted by Gasteiger charge is 2.14. The van der Waals surface area contributed by atoms with Gasteiger partial charge in [0.1, 0.15) is 0 Å². The molecule has 0 atom stereocenters. The summed E-state index contributed by atoms with van der Waals surface area (Å²) in [4.78, 5) is 0. The average molecular weight is 382 g/mol. The molecular formula is C21H23N3O2S. The summed E-state index contributed by atoms with van der Waals surface area (Å²) in [5.41, 5.74) is 4.69. The first kappa shape index (κ1) is 19.1. The average Bonchev–Trinajstić information content (AvgIpc) is 2.93. The van der Waals surface area contributed by atoms with Crippen molar-refractivity contribution in [2.45, 2.75) is 26.9 Å². The summed E-state index contributed by atoms with van der Waals surface area (Å²) in [7, 11) is -3.53. The van der Waals surface area contributed by atoms with Crippen LogP contribution in [0.15, 0.2) is 66.1 Å². The normalized spacial score (nSPS) is 11.9. The number of benzene rings is 2. The standard InChI is InChI=1S/C21H23N3O2S/c1-17-21(18(2)24(23-17)16-20-11-7-4-8-12-20)15-22-27(25,26)14-13-19-9-5-3-6-10-19/h3-14,22H,15-16H2,1-2H3/b14-13+. The van der Waals surface area contributed by atoms with Crippen molar-refractivity contribution in [1.82, 2.24) is 14.5 Å². The lowest BCUT2D eigenvalue weighted by Crippen LogP contribution is -2.21. The van der Waals surface area contributed by atoms with E-state index in [1.165, 1.54) is 5.41 Å². The number of hydrogen-bond acceptors (Lipinski definition) is 3. The molecule has 6 heteroatoms. The van der Waals surface area contributed by atoms with Crippen molar-refractivity contribution in [3.63, 3.8) is 0 Å². The molecule has 140 valence electrons. The van der Waals surface area contributed by atoms with Crippen LogP contribution < -0.4 is 4.72 Å². The summed E-state index contributed by atoms with van der Waals surface area (Å²) in [6.07, 6.45) is 1.58. The molecule has 27 heavy (non-hydrogen) atoms. The van der Waals surface area contributed by atoms with Crippen molar-refractivity contribution in [2.24, 2.45) is 0 Å². The van der Waals surface area contributed by atoms with Crippen molar-refractivity contribution < 1.29 is 8.42 Å². The largest absolute Gasteiger partial charge is 0.265 e. The Morgan fingerprint density at radius 3 is 2.30 bits per heavy atom. The Hall–Kier alpha value is -2.70. The number of nitrogens with zero attached hydrogens (tertiary/aromatic N) is 2. The number of aryl methyl sites for hydroxylation is 1. The van der Waals surface area contributed by atoms with Crippen LogP contribution in [0.25, 0.3) is 6.08 Å². The second-order valence-electron chi connectivity index (χ2n) is 6.37. The number of rotatable bonds is 7. The van der Waals surface area contributed by atoms with E-state index in [9.17, 15) is 8.42 Å². The van der Waals surface area contributed by atoms with E-state index in [1.54, 1.807) is 6.08 Å². The van der Waals surface area contributed by atoms with Gasteiger partial charge in [0.25, 0.3) is 0 Å². The first-order valence-electron chi connectivity index (χ1n) is 8.74. The maximum atomic E-state index is 12.3. The van der Waals surface area contributed by atoms with Crippen LogP contribution in [0, 0.1) is 13.8 Å². The second kappa shape index (κ2) is 8.33. The molecule has 0 amide bonds. The van der Waals surface area contributed by atoms with Crippen molar-refractivity contribution in [2.75, 3.05) is 0 Å². The number of aromatic nitrogens is 2. The smallest absolute Gasteiger partial charge is 0.234 e. The Morgan fingerprint density at radius 2 is 1.63 bits per heavy atom. The SMILES string of the molecule is Cc1nn(Cc2ccccc2)c(C)c1CNS(=O)(=O)/C=C/c1ccccc1. The minimum absolute atomic E-state index is 0.216. The van der Waals surface area contributed by atoms with Gasteiger partial charge in [-0.3, -0.25) is 4.68 Å². The Bertz CT molecular complexity index is 1020. The second-order valence-corrected chi connectivity index (χ2v) is 8.02. The summed E-state index contributed by atoms with van der Waals surface area (Å²) in [6, 6.07) is 19.4. The van der Waals surface area contributed by atoms with Gasteiger partial charge in [-0.15, -0.1) is 0 Å². The lowest BCUT2D eigenvalue weighted by Gasteiger charge is -2.06. The van der Waals surface area contributed by atoms with Crippen LogP contribution in [0.4, 0.5) is 0 Å². The molecule has 0 fully saturated rings. The highest BCUT2D eigenvalue weighted by molar-refractivity contribution is 7.92. The minimum Gasteiger partial charge on any atom is -0.265 e. The van der Waals surface area contributed by atoms with E-state index in [2.05, 4.69) is 9.82 Å². The van der Waals surface area contributed by atoms with Crippen LogP contribution in [-0.2, 0) is 23.1 Å². The monoisotopic (exact) mass is 381 g/mol. The van der Waals surface area contributed by atoms with Gasteiger partial charge in [0.15, 0.2) is 0 Å². The van der Waals surface area contributed by atoms with Crippen LogP contribution in [-0.4, -0.2) is 18.2 Å². The number of sulfonamides is 1. The molecular weight excluding hydrogens is 358 g/mol. The zero-order valence-corrected chi connectivity index (χ0v) is 16.3. The van der Waals surface area contributed by atoms with Gasteiger partial charge in [-0.05, 0) is 31.1 Å². The summed E-state index contributed by atoms with van der Waals surface area (Å²) in [5.74, 6) is 0. The molecule has 3 aromatic rings. The summed E-state index contributed by atoms with van der Waals surface area (Å²) in [5, 5.41) is 5.76. The Morgan fingerprint density at radius 1 is 1.00 bits per heavy atom. The molecule has 0 radical (unpaired) electrons. The summed E-state index contributed by atoms with van der Waals surface area (Å²) >= 11 is 0. The highest BCUT2D eigenvalue weighted by atomic mass is 32.2. The zero-order valence-electron chi connectivity index (χ0n) is 15.5. The third-order valence-corrected chi connectivity index (χ3v) is 5.44. The fourth-order valence-electron chi connectivity index (χ4n) is 2.85. The van der Waals surface area contributed by atoms with Crippen LogP contribution >= 0.6 is 0 Å². The highest BCUT2D eigenvalue weighted by Crippen LogP contribution is 2.15. The molecule has 0 saturated carbocycles. The lowest BCUT2D eigenvalue weighted by atomic mass is 10.2. The third kappa shape index (κ3) is 5.15. The molecule has 0 aliphatic carbocycles. The molecule has 0 unspecified atom stereocenters. The quantitative estimate of drug-likeness (QED) is 0.680. The van der Waals surface area contributed by atoms with E-state index in [4.69, 9.17) is 0 Å². The Labute approximate surface area is 160 Å². The van der Waals surface area contributed by atoms with E-state index in [0.29, 0.717) is 6.54 Å². The molecule has 0 bridgehead atoms. The molecule has 0 aliphatic rings. The molecule has 3 rings (SSSR count). The lowest BCUT2D eigenvalue weighted by molar-refractivity contribution is 0.590. The van der Waals surface area contributed by atoms with Gasteiger partial charge >= 0.3 is 0 Å². The van der Waals surface area contributed by atoms with E-state index >= 15 is 0 Å². The van der Waals surface area contributed by atoms with Gasteiger partial charge in [-0.25, -0.2) is 13.1 Å². The van der Waals surface area contributed by atoms with E-state index in [0.717, 1.165) is 28.1 Å². The van der Waals surface area contributed by atoms with Crippen molar-refractivity contribution >= 4 is 16.1 Å². The van der Waals surface area contributed by atoms with E-state index < -0.39 is 10.0 Å². The molecule has 1 N–H and O–H groups in total. The zero-order chi connectivity index (χ0) is 19.3. The molecule has 0 aliphatic heterocycles. The summed E-state index contributed by atoms with van der Waals surface area (Å²) < 4.78 is 29.1. The molecule has 1 heterocycles. The Balaban J connectivity index is 1.69. The molecule has 2 aromatic carbocycles. The Kier molecular flexibility index (Phi) is 5.88. The minimum atomic E-state index is -3.53. The molecule has 1 aromatic heterocycles. The molecule has 0 saturated heterocycles. The fraction of sp³-hybridized carbons (Fsp3) is 0.190. The van der Waals surface area contributed by atoms with Crippen LogP contribution in [0.1, 0.15) is 28.1 Å². The number of nitrogens with one attached hydrogen (secondary N) is 1. The van der Waals surface area contributed by atoms with Crippen LogP contribution in [0.5, 0.6) is 0 Å². The molecule has 5 nitrogen and oxygen atoms in total. The topological polar surface area (TPSA) is 64.0 Å². The summed E-state index contributed by atoms with van der Waals surface area (Å²) in [6.45, 7) is 4.74. The first-order valence-corrected chi connectivity index (χ1v) is 10.3. The van der Waals surface area contributed by atoms with Gasteiger partial charge in [0.2, 0.25) is 10.0 Å². The van der Waals surface area contributed by atoms with Gasteiger partial charge in [0, 0.05) is 23.2 Å². The predicted octanol–water partition coefficient (Wildman–Crippen LogP) is 3.64.